The van der Waals surface area contributed by atoms with Gasteiger partial charge in [-0.2, -0.15) is 0 Å². The van der Waals surface area contributed by atoms with Gasteiger partial charge in [0, 0.05) is 5.56 Å². The van der Waals surface area contributed by atoms with Crippen molar-refractivity contribution in [3.8, 4) is 5.75 Å². The monoisotopic (exact) mass is 252 g/mol. The lowest BCUT2D eigenvalue weighted by Gasteiger charge is -2.02. The second-order valence-electron chi connectivity index (χ2n) is 4.19. The highest BCUT2D eigenvalue weighted by Gasteiger charge is 2.29. The summed E-state index contributed by atoms with van der Waals surface area (Å²) in [5.74, 6) is 0.735. The summed E-state index contributed by atoms with van der Waals surface area (Å²) in [6.45, 7) is 0. The van der Waals surface area contributed by atoms with Crippen molar-refractivity contribution in [2.45, 2.75) is 0 Å². The van der Waals surface area contributed by atoms with Crippen LogP contribution in [0.15, 0.2) is 48.5 Å². The van der Waals surface area contributed by atoms with Crippen LogP contribution >= 0.6 is 0 Å². The molecule has 0 saturated heterocycles. The molecule has 0 amide bonds. The predicted molar refractivity (Wildman–Crippen MR) is 72.7 cm³/mol. The molecule has 0 atom stereocenters. The minimum absolute atomic E-state index is 0.366. The van der Waals surface area contributed by atoms with Gasteiger partial charge in [0.2, 0.25) is 0 Å². The summed E-state index contributed by atoms with van der Waals surface area (Å²) >= 11 is 0. The van der Waals surface area contributed by atoms with E-state index in [1.165, 1.54) is 0 Å². The highest BCUT2D eigenvalue weighted by Crippen LogP contribution is 2.36. The largest absolute Gasteiger partial charge is 0.496 e. The Kier molecular flexibility index (Phi) is 2.80. The van der Waals surface area contributed by atoms with Crippen LogP contribution in [0.4, 0.5) is 0 Å². The third-order valence-corrected chi connectivity index (χ3v) is 3.02. The minimum atomic E-state index is -0.366. The number of rotatable bonds is 2. The van der Waals surface area contributed by atoms with E-state index in [1.54, 1.807) is 13.2 Å². The fraction of sp³-hybridized carbons (Fsp3) is 0.0625. The van der Waals surface area contributed by atoms with Gasteiger partial charge in [0.05, 0.1) is 7.11 Å². The number of methoxy groups -OCH3 is 1. The van der Waals surface area contributed by atoms with Gasteiger partial charge in [-0.3, -0.25) is 0 Å². The second-order valence-corrected chi connectivity index (χ2v) is 4.19. The van der Waals surface area contributed by atoms with Crippen LogP contribution in [0.25, 0.3) is 11.8 Å². The van der Waals surface area contributed by atoms with E-state index in [0.717, 1.165) is 11.1 Å². The first-order chi connectivity index (χ1) is 9.29. The van der Waals surface area contributed by atoms with Crippen molar-refractivity contribution in [3.05, 3.63) is 65.2 Å². The normalized spacial score (nSPS) is 15.2. The van der Waals surface area contributed by atoms with Crippen molar-refractivity contribution in [2.24, 2.45) is 0 Å². The molecule has 2 aromatic rings. The zero-order chi connectivity index (χ0) is 13.2. The van der Waals surface area contributed by atoms with Crippen LogP contribution in [0.5, 0.6) is 5.75 Å². The van der Waals surface area contributed by atoms with Crippen LogP contribution in [0, 0.1) is 0 Å². The molecule has 0 unspecified atom stereocenters. The number of esters is 1. The van der Waals surface area contributed by atoms with E-state index in [2.05, 4.69) is 0 Å². The second kappa shape index (κ2) is 4.61. The fourth-order valence-corrected chi connectivity index (χ4v) is 2.13. The lowest BCUT2D eigenvalue weighted by atomic mass is 10.1. The third-order valence-electron chi connectivity index (χ3n) is 3.02. The smallest absolute Gasteiger partial charge is 0.348 e. The Balaban J connectivity index is 2.11. The molecule has 94 valence electrons. The Morgan fingerprint density at radius 3 is 2.58 bits per heavy atom. The number of fused-ring (bicyclic) bond motifs is 1. The molecule has 0 N–H and O–H groups in total. The van der Waals surface area contributed by atoms with Crippen molar-refractivity contribution in [1.29, 1.82) is 0 Å². The first-order valence-electron chi connectivity index (χ1n) is 5.96. The summed E-state index contributed by atoms with van der Waals surface area (Å²) in [6.07, 6.45) is 1.85. The Morgan fingerprint density at radius 2 is 1.84 bits per heavy atom. The third kappa shape index (κ3) is 1.99. The van der Waals surface area contributed by atoms with E-state index in [9.17, 15) is 4.79 Å². The first kappa shape index (κ1) is 11.5. The predicted octanol–water partition coefficient (Wildman–Crippen LogP) is 3.36. The maximum atomic E-state index is 11.9. The summed E-state index contributed by atoms with van der Waals surface area (Å²) in [4.78, 5) is 11.9. The highest BCUT2D eigenvalue weighted by molar-refractivity contribution is 6.07. The van der Waals surface area contributed by atoms with Crippen LogP contribution in [-0.4, -0.2) is 13.1 Å². The van der Waals surface area contributed by atoms with Crippen molar-refractivity contribution in [3.63, 3.8) is 0 Å². The van der Waals surface area contributed by atoms with Gasteiger partial charge in [-0.1, -0.05) is 42.5 Å². The quantitative estimate of drug-likeness (QED) is 0.769. The molecule has 0 saturated carbocycles. The average molecular weight is 252 g/mol. The van der Waals surface area contributed by atoms with Crippen molar-refractivity contribution >= 4 is 17.8 Å². The lowest BCUT2D eigenvalue weighted by Crippen LogP contribution is -1.97. The van der Waals surface area contributed by atoms with E-state index in [-0.39, 0.29) is 5.97 Å². The fourth-order valence-electron chi connectivity index (χ4n) is 2.13. The molecule has 19 heavy (non-hydrogen) atoms. The molecule has 0 fully saturated rings. The molecule has 3 nitrogen and oxygen atoms in total. The summed E-state index contributed by atoms with van der Waals surface area (Å²) in [6, 6.07) is 15.2. The van der Waals surface area contributed by atoms with E-state index < -0.39 is 0 Å². The first-order valence-corrected chi connectivity index (χ1v) is 5.96. The van der Waals surface area contributed by atoms with Crippen molar-refractivity contribution in [1.82, 2.24) is 0 Å². The number of ether oxygens (including phenoxy) is 2. The maximum absolute atomic E-state index is 11.9. The lowest BCUT2D eigenvalue weighted by molar-refractivity contribution is 0.0714. The molecule has 3 heteroatoms. The van der Waals surface area contributed by atoms with E-state index in [1.807, 2.05) is 48.5 Å². The molecular weight excluding hydrogens is 240 g/mol. The van der Waals surface area contributed by atoms with Crippen LogP contribution < -0.4 is 4.74 Å². The van der Waals surface area contributed by atoms with Crippen LogP contribution in [0.2, 0.25) is 0 Å². The summed E-state index contributed by atoms with van der Waals surface area (Å²) < 4.78 is 10.5. The van der Waals surface area contributed by atoms with Crippen molar-refractivity contribution < 1.29 is 14.3 Å². The molecule has 0 radical (unpaired) electrons. The van der Waals surface area contributed by atoms with Gasteiger partial charge in [0.15, 0.2) is 0 Å². The van der Waals surface area contributed by atoms with E-state index in [0.29, 0.717) is 17.1 Å². The van der Waals surface area contributed by atoms with E-state index in [4.69, 9.17) is 9.47 Å². The van der Waals surface area contributed by atoms with Gasteiger partial charge in [-0.25, -0.2) is 4.79 Å². The van der Waals surface area contributed by atoms with Gasteiger partial charge < -0.3 is 9.47 Å². The summed E-state index contributed by atoms with van der Waals surface area (Å²) in [5.41, 5.74) is 2.25. The molecule has 3 rings (SSSR count). The Hall–Kier alpha value is -2.55. The van der Waals surface area contributed by atoms with Gasteiger partial charge in [-0.15, -0.1) is 0 Å². The Morgan fingerprint density at radius 1 is 1.05 bits per heavy atom. The summed E-state index contributed by atoms with van der Waals surface area (Å²) in [5, 5.41) is 0. The topological polar surface area (TPSA) is 35.5 Å². The molecule has 1 aliphatic heterocycles. The Bertz CT molecular complexity index is 657. The minimum Gasteiger partial charge on any atom is -0.496 e. The number of cyclic esters (lactones) is 1. The molecule has 0 aromatic heterocycles. The molecule has 0 bridgehead atoms. The number of benzene rings is 2. The average Bonchev–Trinajstić information content (AvgIpc) is 2.77. The molecule has 0 spiro atoms. The zero-order valence-corrected chi connectivity index (χ0v) is 10.4. The van der Waals surface area contributed by atoms with Crippen LogP contribution in [0.1, 0.15) is 21.5 Å². The number of hydrogen-bond donors (Lipinski definition) is 0. The molecule has 1 aliphatic rings. The molecule has 0 aliphatic carbocycles. The molecule has 2 aromatic carbocycles. The molecule has 1 heterocycles. The number of hydrogen-bond acceptors (Lipinski definition) is 3. The SMILES string of the molecule is COc1cccc2c1C(=O)O/C2=C\c1ccccc1. The van der Waals surface area contributed by atoms with Crippen molar-refractivity contribution in [2.75, 3.05) is 7.11 Å². The van der Waals surface area contributed by atoms with E-state index >= 15 is 0 Å². The highest BCUT2D eigenvalue weighted by atomic mass is 16.5. The Labute approximate surface area is 111 Å². The van der Waals surface area contributed by atoms with Crippen LogP contribution in [0.3, 0.4) is 0 Å². The van der Waals surface area contributed by atoms with Crippen LogP contribution in [-0.2, 0) is 4.74 Å². The maximum Gasteiger partial charge on any atom is 0.348 e. The van der Waals surface area contributed by atoms with Gasteiger partial charge in [-0.05, 0) is 17.7 Å². The van der Waals surface area contributed by atoms with Gasteiger partial charge in [0.25, 0.3) is 0 Å². The van der Waals surface area contributed by atoms with Gasteiger partial charge in [0.1, 0.15) is 17.1 Å². The number of carbonyl (C=O) groups excluding carboxylic acids is 1. The van der Waals surface area contributed by atoms with Gasteiger partial charge >= 0.3 is 5.97 Å². The zero-order valence-electron chi connectivity index (χ0n) is 10.4. The molecular formula is C16H12O3. The number of carbonyl (C=O) groups is 1. The summed E-state index contributed by atoms with van der Waals surface area (Å²) in [7, 11) is 1.54. The standard InChI is InChI=1S/C16H12O3/c1-18-13-9-5-8-12-14(19-16(17)15(12)13)10-11-6-3-2-4-7-11/h2-10H,1H3/b14-10-.